The van der Waals surface area contributed by atoms with E-state index in [1.54, 1.807) is 19.1 Å². The van der Waals surface area contributed by atoms with E-state index in [9.17, 15) is 9.59 Å². The van der Waals surface area contributed by atoms with E-state index in [0.29, 0.717) is 24.6 Å². The van der Waals surface area contributed by atoms with E-state index in [1.165, 1.54) is 6.92 Å². The quantitative estimate of drug-likeness (QED) is 0.853. The van der Waals surface area contributed by atoms with Crippen LogP contribution in [0.2, 0.25) is 0 Å². The Morgan fingerprint density at radius 2 is 2.04 bits per heavy atom. The van der Waals surface area contributed by atoms with Gasteiger partial charge in [-0.15, -0.1) is 0 Å². The predicted molar refractivity (Wildman–Crippen MR) is 94.9 cm³/mol. The molecule has 0 spiro atoms. The molecule has 7 heteroatoms. The van der Waals surface area contributed by atoms with Crippen LogP contribution in [0.25, 0.3) is 0 Å². The summed E-state index contributed by atoms with van der Waals surface area (Å²) in [5.41, 5.74) is 0.852. The SMILES string of the molecule is COc1ccc(OC)c([C@H](C)NC(=O)N2CCC[C@@H](NC(C)=O)C2)c1. The number of nitrogens with one attached hydrogen (secondary N) is 2. The molecular formula is C18H27N3O4. The second-order valence-corrected chi connectivity index (χ2v) is 6.26. The zero-order chi connectivity index (χ0) is 18.4. The lowest BCUT2D eigenvalue weighted by Gasteiger charge is -2.34. The van der Waals surface area contributed by atoms with Gasteiger partial charge in [-0.2, -0.15) is 0 Å². The molecule has 1 aliphatic heterocycles. The Hall–Kier alpha value is -2.44. The van der Waals surface area contributed by atoms with Crippen LogP contribution in [0, 0.1) is 0 Å². The fourth-order valence-electron chi connectivity index (χ4n) is 3.10. The van der Waals surface area contributed by atoms with Crippen molar-refractivity contribution in [3.05, 3.63) is 23.8 Å². The lowest BCUT2D eigenvalue weighted by molar-refractivity contribution is -0.119. The van der Waals surface area contributed by atoms with Crippen molar-refractivity contribution < 1.29 is 19.1 Å². The molecule has 0 unspecified atom stereocenters. The molecule has 1 fully saturated rings. The van der Waals surface area contributed by atoms with Crippen molar-refractivity contribution in [3.63, 3.8) is 0 Å². The Bertz CT molecular complexity index is 620. The Morgan fingerprint density at radius 1 is 1.28 bits per heavy atom. The summed E-state index contributed by atoms with van der Waals surface area (Å²) in [7, 11) is 3.20. The molecule has 2 N–H and O–H groups in total. The van der Waals surface area contributed by atoms with Crippen LogP contribution in [0.5, 0.6) is 11.5 Å². The zero-order valence-electron chi connectivity index (χ0n) is 15.3. The van der Waals surface area contributed by atoms with Gasteiger partial charge in [-0.3, -0.25) is 4.79 Å². The summed E-state index contributed by atoms with van der Waals surface area (Å²) in [5, 5.41) is 5.89. The maximum atomic E-state index is 12.6. The number of ether oxygens (including phenoxy) is 2. The number of carbonyl (C=O) groups is 2. The van der Waals surface area contributed by atoms with Crippen LogP contribution in [-0.4, -0.2) is 50.2 Å². The average Bonchev–Trinajstić information content (AvgIpc) is 2.60. The maximum absolute atomic E-state index is 12.6. The first-order valence-corrected chi connectivity index (χ1v) is 8.49. The first kappa shape index (κ1) is 18.9. The number of rotatable bonds is 5. The molecule has 7 nitrogen and oxygen atoms in total. The molecule has 0 aliphatic carbocycles. The van der Waals surface area contributed by atoms with Crippen LogP contribution in [0.1, 0.15) is 38.3 Å². The molecule has 2 rings (SSSR count). The Morgan fingerprint density at radius 3 is 2.68 bits per heavy atom. The van der Waals surface area contributed by atoms with Gasteiger partial charge in [0, 0.05) is 31.6 Å². The highest BCUT2D eigenvalue weighted by molar-refractivity contribution is 5.76. The van der Waals surface area contributed by atoms with E-state index >= 15 is 0 Å². The van der Waals surface area contributed by atoms with Crippen LogP contribution in [0.4, 0.5) is 4.79 Å². The Balaban J connectivity index is 2.03. The van der Waals surface area contributed by atoms with Crippen LogP contribution in [-0.2, 0) is 4.79 Å². The smallest absolute Gasteiger partial charge is 0.317 e. The predicted octanol–water partition coefficient (Wildman–Crippen LogP) is 2.07. The highest BCUT2D eigenvalue weighted by atomic mass is 16.5. The van der Waals surface area contributed by atoms with Gasteiger partial charge in [0.25, 0.3) is 0 Å². The fourth-order valence-corrected chi connectivity index (χ4v) is 3.10. The van der Waals surface area contributed by atoms with E-state index in [-0.39, 0.29) is 24.0 Å². The zero-order valence-corrected chi connectivity index (χ0v) is 15.3. The summed E-state index contributed by atoms with van der Waals surface area (Å²) >= 11 is 0. The van der Waals surface area contributed by atoms with Crippen molar-refractivity contribution in [3.8, 4) is 11.5 Å². The molecule has 0 aromatic heterocycles. The van der Waals surface area contributed by atoms with E-state index in [2.05, 4.69) is 10.6 Å². The third-order valence-corrected chi connectivity index (χ3v) is 4.36. The van der Waals surface area contributed by atoms with E-state index in [0.717, 1.165) is 18.4 Å². The minimum atomic E-state index is -0.237. The molecule has 138 valence electrons. The monoisotopic (exact) mass is 349 g/mol. The van der Waals surface area contributed by atoms with Crippen molar-refractivity contribution in [2.24, 2.45) is 0 Å². The van der Waals surface area contributed by atoms with Crippen LogP contribution >= 0.6 is 0 Å². The molecule has 0 radical (unpaired) electrons. The van der Waals surface area contributed by atoms with Gasteiger partial charge in [-0.1, -0.05) is 0 Å². The van der Waals surface area contributed by atoms with Gasteiger partial charge in [-0.25, -0.2) is 4.79 Å². The molecule has 25 heavy (non-hydrogen) atoms. The van der Waals surface area contributed by atoms with Crippen LogP contribution in [0.15, 0.2) is 18.2 Å². The van der Waals surface area contributed by atoms with Crippen molar-refractivity contribution in [1.29, 1.82) is 0 Å². The summed E-state index contributed by atoms with van der Waals surface area (Å²) in [6.45, 7) is 4.61. The Kier molecular flexibility index (Phi) is 6.50. The van der Waals surface area contributed by atoms with Crippen molar-refractivity contribution in [1.82, 2.24) is 15.5 Å². The summed E-state index contributed by atoms with van der Waals surface area (Å²) in [5.74, 6) is 1.34. The molecule has 1 aromatic rings. The summed E-state index contributed by atoms with van der Waals surface area (Å²) in [6, 6.07) is 5.13. The summed E-state index contributed by atoms with van der Waals surface area (Å²) in [6.07, 6.45) is 1.76. The number of urea groups is 1. The lowest BCUT2D eigenvalue weighted by atomic mass is 10.1. The molecular weight excluding hydrogens is 322 g/mol. The fraction of sp³-hybridized carbons (Fsp3) is 0.556. The minimum absolute atomic E-state index is 0.0126. The number of carbonyl (C=O) groups excluding carboxylic acids is 2. The lowest BCUT2D eigenvalue weighted by Crippen LogP contribution is -2.52. The topological polar surface area (TPSA) is 79.9 Å². The highest BCUT2D eigenvalue weighted by Crippen LogP contribution is 2.29. The molecule has 1 aromatic carbocycles. The molecule has 0 saturated carbocycles. The molecule has 1 heterocycles. The van der Waals surface area contributed by atoms with Gasteiger partial charge in [0.1, 0.15) is 11.5 Å². The van der Waals surface area contributed by atoms with E-state index < -0.39 is 0 Å². The maximum Gasteiger partial charge on any atom is 0.317 e. The second kappa shape index (κ2) is 8.60. The molecule has 0 bridgehead atoms. The van der Waals surface area contributed by atoms with Crippen molar-refractivity contribution in [2.45, 2.75) is 38.8 Å². The van der Waals surface area contributed by atoms with Crippen LogP contribution in [0.3, 0.4) is 0 Å². The third-order valence-electron chi connectivity index (χ3n) is 4.36. The molecule has 2 atom stereocenters. The first-order valence-electron chi connectivity index (χ1n) is 8.49. The summed E-state index contributed by atoms with van der Waals surface area (Å²) in [4.78, 5) is 25.6. The van der Waals surface area contributed by atoms with Gasteiger partial charge in [0.15, 0.2) is 0 Å². The second-order valence-electron chi connectivity index (χ2n) is 6.26. The van der Waals surface area contributed by atoms with Crippen molar-refractivity contribution >= 4 is 11.9 Å². The number of amides is 3. The van der Waals surface area contributed by atoms with Gasteiger partial charge < -0.3 is 25.0 Å². The number of methoxy groups -OCH3 is 2. The van der Waals surface area contributed by atoms with Crippen molar-refractivity contribution in [2.75, 3.05) is 27.3 Å². The largest absolute Gasteiger partial charge is 0.497 e. The standard InChI is InChI=1S/C18H27N3O4/c1-12(16-10-15(24-3)7-8-17(16)25-4)19-18(23)21-9-5-6-14(11-21)20-13(2)22/h7-8,10,12,14H,5-6,9,11H2,1-4H3,(H,19,23)(H,20,22)/t12-,14+/m0/s1. The number of nitrogens with zero attached hydrogens (tertiary/aromatic N) is 1. The minimum Gasteiger partial charge on any atom is -0.497 e. The van der Waals surface area contributed by atoms with Gasteiger partial charge in [0.05, 0.1) is 20.3 Å². The number of hydrogen-bond acceptors (Lipinski definition) is 4. The molecule has 1 aliphatic rings. The van der Waals surface area contributed by atoms with E-state index in [1.807, 2.05) is 25.1 Å². The van der Waals surface area contributed by atoms with Gasteiger partial charge in [-0.05, 0) is 38.0 Å². The van der Waals surface area contributed by atoms with Crippen LogP contribution < -0.4 is 20.1 Å². The highest BCUT2D eigenvalue weighted by Gasteiger charge is 2.25. The third kappa shape index (κ3) is 5.01. The number of benzene rings is 1. The molecule has 3 amide bonds. The van der Waals surface area contributed by atoms with Gasteiger partial charge in [0.2, 0.25) is 5.91 Å². The molecule has 1 saturated heterocycles. The van der Waals surface area contributed by atoms with E-state index in [4.69, 9.17) is 9.47 Å². The number of piperidine rings is 1. The summed E-state index contributed by atoms with van der Waals surface area (Å²) < 4.78 is 10.6. The number of likely N-dealkylation sites (tertiary alicyclic amines) is 1. The number of hydrogen-bond donors (Lipinski definition) is 2. The normalized spacial score (nSPS) is 18.2. The first-order chi connectivity index (χ1) is 11.9. The van der Waals surface area contributed by atoms with Gasteiger partial charge >= 0.3 is 6.03 Å². The average molecular weight is 349 g/mol. The Labute approximate surface area is 148 Å².